The van der Waals surface area contributed by atoms with E-state index in [-0.39, 0.29) is 31.2 Å². The van der Waals surface area contributed by atoms with E-state index in [9.17, 15) is 9.59 Å². The number of primary amides is 1. The Bertz CT molecular complexity index is 776. The number of nitrogens with two attached hydrogens (primary N) is 2. The van der Waals surface area contributed by atoms with Crippen molar-refractivity contribution in [2.75, 3.05) is 18.6 Å². The number of carbonyl (C=O) groups is 2. The first kappa shape index (κ1) is 21.0. The van der Waals surface area contributed by atoms with Crippen LogP contribution < -0.4 is 16.4 Å². The molecule has 8 heteroatoms. The number of methoxy groups -OCH3 is 1. The fraction of sp³-hybridized carbons (Fsp3) is 0.167. The van der Waals surface area contributed by atoms with Gasteiger partial charge in [-0.3, -0.25) is 15.1 Å². The quantitative estimate of drug-likeness (QED) is 0.407. The summed E-state index contributed by atoms with van der Waals surface area (Å²) in [6.45, 7) is 0.147. The van der Waals surface area contributed by atoms with E-state index >= 15 is 0 Å². The van der Waals surface area contributed by atoms with Gasteiger partial charge in [-0.1, -0.05) is 36.4 Å². The van der Waals surface area contributed by atoms with E-state index in [1.165, 1.54) is 12.0 Å². The maximum atomic E-state index is 11.6. The van der Waals surface area contributed by atoms with E-state index in [1.54, 1.807) is 24.3 Å². The van der Waals surface area contributed by atoms with E-state index < -0.39 is 12.0 Å². The highest BCUT2D eigenvalue weighted by atomic mass is 35.5. The highest BCUT2D eigenvalue weighted by Gasteiger charge is 2.14. The number of hydrogen-bond acceptors (Lipinski definition) is 4. The fourth-order valence-corrected chi connectivity index (χ4v) is 2.35. The molecule has 0 fully saturated rings. The number of esters is 1. The second-order valence-electron chi connectivity index (χ2n) is 5.35. The van der Waals surface area contributed by atoms with Gasteiger partial charge in [0, 0.05) is 17.8 Å². The third kappa shape index (κ3) is 5.22. The molecule has 0 aromatic heterocycles. The molecule has 0 aliphatic rings. The molecule has 0 unspecified atom stereocenters. The summed E-state index contributed by atoms with van der Waals surface area (Å²) >= 11 is 0. The van der Waals surface area contributed by atoms with E-state index in [2.05, 4.69) is 4.74 Å². The SMILES string of the molecule is COC(=O)CCN(C(N)=O)c1ccc(-c2ccc(C(=N)N)cc2)cc1.Cl. The van der Waals surface area contributed by atoms with Crippen LogP contribution in [0.1, 0.15) is 12.0 Å². The predicted octanol–water partition coefficient (Wildman–Crippen LogP) is 2.51. The fourth-order valence-electron chi connectivity index (χ4n) is 2.35. The average molecular weight is 377 g/mol. The van der Waals surface area contributed by atoms with E-state index in [0.717, 1.165) is 11.1 Å². The lowest BCUT2D eigenvalue weighted by atomic mass is 10.0. The Morgan fingerprint density at radius 3 is 1.92 bits per heavy atom. The van der Waals surface area contributed by atoms with Crippen molar-refractivity contribution in [3.05, 3.63) is 54.1 Å². The molecule has 0 atom stereocenters. The number of rotatable bonds is 6. The van der Waals surface area contributed by atoms with Crippen LogP contribution in [0.3, 0.4) is 0 Å². The van der Waals surface area contributed by atoms with Gasteiger partial charge < -0.3 is 16.2 Å². The zero-order chi connectivity index (χ0) is 18.4. The summed E-state index contributed by atoms with van der Waals surface area (Å²) in [4.78, 5) is 24.2. The Morgan fingerprint density at radius 1 is 1.00 bits per heavy atom. The van der Waals surface area contributed by atoms with Crippen molar-refractivity contribution in [2.45, 2.75) is 6.42 Å². The predicted molar refractivity (Wildman–Crippen MR) is 104 cm³/mol. The lowest BCUT2D eigenvalue weighted by Crippen LogP contribution is -2.37. The number of amides is 2. The highest BCUT2D eigenvalue weighted by molar-refractivity contribution is 5.95. The lowest BCUT2D eigenvalue weighted by molar-refractivity contribution is -0.140. The van der Waals surface area contributed by atoms with Crippen LogP contribution in [0.25, 0.3) is 11.1 Å². The van der Waals surface area contributed by atoms with Crippen molar-refractivity contribution in [3.63, 3.8) is 0 Å². The number of nitrogens with zero attached hydrogens (tertiary/aromatic N) is 1. The van der Waals surface area contributed by atoms with Crippen LogP contribution in [0.5, 0.6) is 0 Å². The Labute approximate surface area is 157 Å². The molecule has 0 radical (unpaired) electrons. The summed E-state index contributed by atoms with van der Waals surface area (Å²) < 4.78 is 4.58. The van der Waals surface area contributed by atoms with Gasteiger partial charge in [-0.15, -0.1) is 12.4 Å². The number of nitrogen functional groups attached to an aromatic ring is 1. The summed E-state index contributed by atoms with van der Waals surface area (Å²) in [5.41, 5.74) is 14.0. The number of carbonyl (C=O) groups excluding carboxylic acids is 2. The first-order chi connectivity index (χ1) is 11.9. The van der Waals surface area contributed by atoms with Crippen molar-refractivity contribution < 1.29 is 14.3 Å². The number of benzene rings is 2. The molecule has 0 heterocycles. The minimum atomic E-state index is -0.637. The number of ether oxygens (including phenoxy) is 1. The van der Waals surface area contributed by atoms with E-state index in [4.69, 9.17) is 16.9 Å². The number of urea groups is 1. The summed E-state index contributed by atoms with van der Waals surface area (Å²) in [5.74, 6) is -0.391. The van der Waals surface area contributed by atoms with Gasteiger partial charge in [-0.2, -0.15) is 0 Å². The van der Waals surface area contributed by atoms with Crippen LogP contribution in [-0.2, 0) is 9.53 Å². The van der Waals surface area contributed by atoms with Gasteiger partial charge in [0.1, 0.15) is 5.84 Å². The molecule has 0 bridgehead atoms. The number of hydrogen-bond donors (Lipinski definition) is 3. The van der Waals surface area contributed by atoms with Crippen molar-refractivity contribution in [3.8, 4) is 11.1 Å². The van der Waals surface area contributed by atoms with Crippen LogP contribution in [0, 0.1) is 5.41 Å². The van der Waals surface area contributed by atoms with Crippen LogP contribution in [0.4, 0.5) is 10.5 Å². The van der Waals surface area contributed by atoms with Gasteiger partial charge in [-0.25, -0.2) is 4.79 Å². The summed E-state index contributed by atoms with van der Waals surface area (Å²) in [5, 5.41) is 7.41. The van der Waals surface area contributed by atoms with Gasteiger partial charge in [0.05, 0.1) is 13.5 Å². The topological polar surface area (TPSA) is 122 Å². The Hall–Kier alpha value is -3.06. The molecule has 2 aromatic carbocycles. The minimum Gasteiger partial charge on any atom is -0.469 e. The van der Waals surface area contributed by atoms with Crippen LogP contribution in [0.2, 0.25) is 0 Å². The lowest BCUT2D eigenvalue weighted by Gasteiger charge is -2.20. The first-order valence-corrected chi connectivity index (χ1v) is 7.61. The van der Waals surface area contributed by atoms with Crippen molar-refractivity contribution in [1.82, 2.24) is 0 Å². The largest absolute Gasteiger partial charge is 0.469 e. The number of amidine groups is 1. The van der Waals surface area contributed by atoms with E-state index in [0.29, 0.717) is 11.3 Å². The molecule has 0 saturated heterocycles. The number of halogens is 1. The molecular weight excluding hydrogens is 356 g/mol. The molecule has 138 valence electrons. The van der Waals surface area contributed by atoms with Crippen molar-refractivity contribution in [2.24, 2.45) is 11.5 Å². The average Bonchev–Trinajstić information content (AvgIpc) is 2.62. The number of nitrogens with one attached hydrogen (secondary N) is 1. The van der Waals surface area contributed by atoms with Gasteiger partial charge >= 0.3 is 12.0 Å². The normalized spacial score (nSPS) is 9.73. The van der Waals surface area contributed by atoms with Gasteiger partial charge in [0.2, 0.25) is 0 Å². The maximum Gasteiger partial charge on any atom is 0.319 e. The second-order valence-corrected chi connectivity index (χ2v) is 5.35. The second kappa shape index (κ2) is 9.43. The molecular formula is C18H21ClN4O3. The van der Waals surface area contributed by atoms with Crippen LogP contribution in [-0.4, -0.2) is 31.5 Å². The zero-order valence-corrected chi connectivity index (χ0v) is 15.1. The van der Waals surface area contributed by atoms with Crippen LogP contribution >= 0.6 is 12.4 Å². The molecule has 2 aromatic rings. The Kier molecular flexibility index (Phi) is 7.61. The van der Waals surface area contributed by atoms with Crippen LogP contribution in [0.15, 0.2) is 48.5 Å². The molecule has 0 spiro atoms. The van der Waals surface area contributed by atoms with Gasteiger partial charge in [0.25, 0.3) is 0 Å². The molecule has 2 amide bonds. The van der Waals surface area contributed by atoms with Gasteiger partial charge in [0.15, 0.2) is 0 Å². The molecule has 7 nitrogen and oxygen atoms in total. The Balaban J connectivity index is 0.00000338. The number of anilines is 1. The monoisotopic (exact) mass is 376 g/mol. The molecule has 5 N–H and O–H groups in total. The molecule has 2 rings (SSSR count). The summed E-state index contributed by atoms with van der Waals surface area (Å²) in [7, 11) is 1.29. The molecule has 0 aliphatic carbocycles. The summed E-state index contributed by atoms with van der Waals surface area (Å²) in [6.07, 6.45) is 0.0632. The smallest absolute Gasteiger partial charge is 0.319 e. The van der Waals surface area contributed by atoms with Gasteiger partial charge in [-0.05, 0) is 23.3 Å². The Morgan fingerprint density at radius 2 is 1.50 bits per heavy atom. The third-order valence-electron chi connectivity index (χ3n) is 3.74. The molecule has 0 saturated carbocycles. The van der Waals surface area contributed by atoms with Crippen molar-refractivity contribution in [1.29, 1.82) is 5.41 Å². The standard InChI is InChI=1S/C18H20N4O3.ClH/c1-25-16(23)10-11-22(18(21)24)15-8-6-13(7-9-15)12-2-4-14(5-3-12)17(19)20;/h2-9H,10-11H2,1H3,(H3,19,20)(H2,21,24);1H. The highest BCUT2D eigenvalue weighted by Crippen LogP contribution is 2.24. The maximum absolute atomic E-state index is 11.6. The summed E-state index contributed by atoms with van der Waals surface area (Å²) in [6, 6.07) is 13.9. The van der Waals surface area contributed by atoms with Crippen molar-refractivity contribution >= 4 is 35.9 Å². The third-order valence-corrected chi connectivity index (χ3v) is 3.74. The molecule has 26 heavy (non-hydrogen) atoms. The minimum absolute atomic E-state index is 0. The zero-order valence-electron chi connectivity index (χ0n) is 14.3. The molecule has 0 aliphatic heterocycles. The first-order valence-electron chi connectivity index (χ1n) is 7.61. The van der Waals surface area contributed by atoms with E-state index in [1.807, 2.05) is 24.3 Å².